The van der Waals surface area contributed by atoms with Crippen LogP contribution in [0.2, 0.25) is 0 Å². The molecule has 0 aromatic heterocycles. The summed E-state index contributed by atoms with van der Waals surface area (Å²) in [6.45, 7) is 2.55. The van der Waals surface area contributed by atoms with Crippen molar-refractivity contribution in [3.63, 3.8) is 0 Å². The molecule has 5 rings (SSSR count). The van der Waals surface area contributed by atoms with Gasteiger partial charge in [0, 0.05) is 17.2 Å². The van der Waals surface area contributed by atoms with Gasteiger partial charge in [-0.05, 0) is 37.3 Å². The van der Waals surface area contributed by atoms with Gasteiger partial charge in [-0.1, -0.05) is 60.0 Å². The molecule has 32 heavy (non-hydrogen) atoms. The van der Waals surface area contributed by atoms with Gasteiger partial charge in [0.05, 0.1) is 25.2 Å². The van der Waals surface area contributed by atoms with Gasteiger partial charge in [0.2, 0.25) is 0 Å². The van der Waals surface area contributed by atoms with Gasteiger partial charge in [-0.3, -0.25) is 9.52 Å². The fourth-order valence-corrected chi connectivity index (χ4v) is 5.52. The molecule has 7 heteroatoms. The maximum atomic E-state index is 15.6. The molecule has 170 valence electrons. The first-order chi connectivity index (χ1) is 15.5. The van der Waals surface area contributed by atoms with E-state index in [1.54, 1.807) is 29.0 Å². The van der Waals surface area contributed by atoms with Crippen molar-refractivity contribution in [2.75, 3.05) is 13.2 Å². The summed E-state index contributed by atoms with van der Waals surface area (Å²) in [6, 6.07) is 12.1. The van der Waals surface area contributed by atoms with E-state index in [1.807, 2.05) is 37.3 Å². The summed E-state index contributed by atoms with van der Waals surface area (Å²) < 4.78 is 39.4. The summed E-state index contributed by atoms with van der Waals surface area (Å²) in [4.78, 5) is 14.6. The van der Waals surface area contributed by atoms with E-state index >= 15 is 8.78 Å². The zero-order chi connectivity index (χ0) is 22.2. The fraction of sp³-hybridized carbons (Fsp3) is 0.480. The highest BCUT2D eigenvalue weighted by Gasteiger charge is 2.47. The lowest BCUT2D eigenvalue weighted by Crippen LogP contribution is -2.51. The van der Waals surface area contributed by atoms with E-state index in [-0.39, 0.29) is 24.7 Å². The summed E-state index contributed by atoms with van der Waals surface area (Å²) in [6.07, 6.45) is 1.47. The monoisotopic (exact) mass is 458 g/mol. The summed E-state index contributed by atoms with van der Waals surface area (Å²) in [5.74, 6) is -0.485. The van der Waals surface area contributed by atoms with Crippen molar-refractivity contribution < 1.29 is 18.3 Å². The van der Waals surface area contributed by atoms with Gasteiger partial charge >= 0.3 is 0 Å². The second-order valence-corrected chi connectivity index (χ2v) is 10.2. The molecule has 2 unspecified atom stereocenters. The Morgan fingerprint density at radius 3 is 2.69 bits per heavy atom. The highest BCUT2D eigenvalue weighted by atomic mass is 32.2. The third kappa shape index (κ3) is 4.43. The normalized spacial score (nSPS) is 27.4. The van der Waals surface area contributed by atoms with Crippen molar-refractivity contribution in [1.82, 2.24) is 9.62 Å². The second kappa shape index (κ2) is 9.12. The van der Waals surface area contributed by atoms with Crippen molar-refractivity contribution in [2.24, 2.45) is 0 Å². The summed E-state index contributed by atoms with van der Waals surface area (Å²) in [5, 5.41) is 0.504. The number of alkyl halides is 1. The van der Waals surface area contributed by atoms with E-state index in [0.29, 0.717) is 29.4 Å². The Morgan fingerprint density at radius 1 is 1.22 bits per heavy atom. The molecule has 2 saturated heterocycles. The second-order valence-electron chi connectivity index (χ2n) is 9.04. The third-order valence-electron chi connectivity index (χ3n) is 6.57. The number of ether oxygens (including phenoxy) is 1. The molecule has 2 heterocycles. The lowest BCUT2D eigenvalue weighted by Gasteiger charge is -2.34. The average molecular weight is 459 g/mol. The quantitative estimate of drug-likeness (QED) is 0.623. The largest absolute Gasteiger partial charge is 0.368 e. The number of benzene rings is 2. The van der Waals surface area contributed by atoms with Crippen LogP contribution in [0.25, 0.3) is 11.1 Å². The highest BCUT2D eigenvalue weighted by molar-refractivity contribution is 7.98. The molecule has 3 fully saturated rings. The van der Waals surface area contributed by atoms with Crippen LogP contribution in [0.5, 0.6) is 0 Å². The zero-order valence-corrected chi connectivity index (χ0v) is 18.9. The standard InChI is InChI=1S/C25H28F2N2O2S/c1-15-4-2-5-16(12-15)19-7-3-6-17(23(19)27)13-21-24(28-32-18-8-9-18)20(26)14-29(21)25(30)22-10-11-31-22/h2-7,12,18,20-22,24,28H,8-11,13-14H2,1H3/t20-,21-,22?,24?/m0/s1. The highest BCUT2D eigenvalue weighted by Crippen LogP contribution is 2.36. The molecule has 0 radical (unpaired) electrons. The molecule has 0 spiro atoms. The van der Waals surface area contributed by atoms with Crippen molar-refractivity contribution >= 4 is 17.9 Å². The first-order valence-electron chi connectivity index (χ1n) is 11.3. The van der Waals surface area contributed by atoms with Crippen molar-refractivity contribution in [3.8, 4) is 11.1 Å². The van der Waals surface area contributed by atoms with Gasteiger partial charge in [-0.15, -0.1) is 0 Å². The third-order valence-corrected chi connectivity index (χ3v) is 7.78. The number of halogens is 2. The SMILES string of the molecule is Cc1cccc(-c2cccc(C[C@H]3C(NSC4CC4)[C@@H](F)CN3C(=O)C3CCO3)c2F)c1. The van der Waals surface area contributed by atoms with E-state index in [9.17, 15) is 4.79 Å². The predicted molar refractivity (Wildman–Crippen MR) is 123 cm³/mol. The Balaban J connectivity index is 1.43. The Labute approximate surface area is 191 Å². The lowest BCUT2D eigenvalue weighted by molar-refractivity contribution is -0.157. The number of hydrogen-bond acceptors (Lipinski definition) is 4. The van der Waals surface area contributed by atoms with Crippen molar-refractivity contribution in [3.05, 3.63) is 59.4 Å². The van der Waals surface area contributed by atoms with Crippen molar-refractivity contribution in [2.45, 2.75) is 62.2 Å². The zero-order valence-electron chi connectivity index (χ0n) is 18.1. The van der Waals surface area contributed by atoms with Crippen LogP contribution in [0, 0.1) is 12.7 Å². The number of amides is 1. The lowest BCUT2D eigenvalue weighted by atomic mass is 9.95. The molecule has 4 nitrogen and oxygen atoms in total. The molecule has 1 amide bonds. The Hall–Kier alpha value is -1.96. The van der Waals surface area contributed by atoms with Gasteiger partial charge in [0.25, 0.3) is 5.91 Å². The van der Waals surface area contributed by atoms with Crippen LogP contribution in [0.1, 0.15) is 30.4 Å². The summed E-state index contributed by atoms with van der Waals surface area (Å²) in [7, 11) is 0. The molecular formula is C25H28F2N2O2S. The molecule has 2 aromatic carbocycles. The molecule has 2 aromatic rings. The topological polar surface area (TPSA) is 41.6 Å². The Kier molecular flexibility index (Phi) is 6.23. The van der Waals surface area contributed by atoms with Crippen molar-refractivity contribution in [1.29, 1.82) is 0 Å². The summed E-state index contributed by atoms with van der Waals surface area (Å²) in [5.41, 5.74) is 2.90. The van der Waals surface area contributed by atoms with Crippen LogP contribution >= 0.6 is 11.9 Å². The van der Waals surface area contributed by atoms with Gasteiger partial charge in [-0.2, -0.15) is 0 Å². The number of hydrogen-bond donors (Lipinski definition) is 1. The molecule has 0 bridgehead atoms. The number of aryl methyl sites for hydroxylation is 1. The molecule has 4 atom stereocenters. The Bertz CT molecular complexity index is 996. The Morgan fingerprint density at radius 2 is 2.00 bits per heavy atom. The minimum Gasteiger partial charge on any atom is -0.368 e. The minimum atomic E-state index is -1.20. The predicted octanol–water partition coefficient (Wildman–Crippen LogP) is 4.45. The fourth-order valence-electron chi connectivity index (χ4n) is 4.49. The molecule has 1 aliphatic carbocycles. The molecular weight excluding hydrogens is 430 g/mol. The van der Waals surface area contributed by atoms with E-state index in [4.69, 9.17) is 4.74 Å². The van der Waals surface area contributed by atoms with Crippen LogP contribution < -0.4 is 4.72 Å². The van der Waals surface area contributed by atoms with E-state index in [1.165, 1.54) is 0 Å². The molecule has 3 aliphatic rings. The van der Waals surface area contributed by atoms with Gasteiger partial charge < -0.3 is 9.64 Å². The number of carbonyl (C=O) groups excluding carboxylic acids is 1. The van der Waals surface area contributed by atoms with E-state index in [2.05, 4.69) is 4.72 Å². The minimum absolute atomic E-state index is 0.0193. The van der Waals surface area contributed by atoms with Crippen LogP contribution in [0.3, 0.4) is 0 Å². The van der Waals surface area contributed by atoms with Crippen LogP contribution in [-0.4, -0.2) is 53.6 Å². The van der Waals surface area contributed by atoms with Crippen LogP contribution in [0.15, 0.2) is 42.5 Å². The first-order valence-corrected chi connectivity index (χ1v) is 12.2. The number of carbonyl (C=O) groups is 1. The maximum Gasteiger partial charge on any atom is 0.252 e. The molecule has 1 N–H and O–H groups in total. The maximum absolute atomic E-state index is 15.6. The number of nitrogens with one attached hydrogen (secondary N) is 1. The van der Waals surface area contributed by atoms with E-state index in [0.717, 1.165) is 24.0 Å². The number of likely N-dealkylation sites (tertiary alicyclic amines) is 1. The van der Waals surface area contributed by atoms with Crippen LogP contribution in [-0.2, 0) is 16.0 Å². The first kappa shape index (κ1) is 21.9. The number of nitrogens with zero attached hydrogens (tertiary/aromatic N) is 1. The summed E-state index contributed by atoms with van der Waals surface area (Å²) >= 11 is 1.55. The molecule has 2 aliphatic heterocycles. The van der Waals surface area contributed by atoms with Crippen LogP contribution in [0.4, 0.5) is 8.78 Å². The average Bonchev–Trinajstić information content (AvgIpc) is 3.50. The smallest absolute Gasteiger partial charge is 0.252 e. The van der Waals surface area contributed by atoms with Gasteiger partial charge in [0.1, 0.15) is 18.1 Å². The van der Waals surface area contributed by atoms with Gasteiger partial charge in [-0.25, -0.2) is 8.78 Å². The number of rotatable bonds is 7. The van der Waals surface area contributed by atoms with E-state index < -0.39 is 24.4 Å². The van der Waals surface area contributed by atoms with Gasteiger partial charge in [0.15, 0.2) is 0 Å². The molecule has 1 saturated carbocycles.